The Labute approximate surface area is 813 Å². The largest absolute Gasteiger partial charge is 0.508 e. The van der Waals surface area contributed by atoms with Crippen molar-refractivity contribution in [1.82, 2.24) is 0 Å². The highest BCUT2D eigenvalue weighted by Gasteiger charge is 2.34. The van der Waals surface area contributed by atoms with Gasteiger partial charge in [0.25, 0.3) is 0 Å². The minimum absolute atomic E-state index is 0.149. The van der Waals surface area contributed by atoms with Gasteiger partial charge < -0.3 is 77.0 Å². The van der Waals surface area contributed by atoms with E-state index in [-0.39, 0.29) is 23.0 Å². The highest BCUT2D eigenvalue weighted by Crippen LogP contribution is 2.40. The standard InChI is InChI=1S/C18H22OSi.C18H24OSi.C13H10O2.3C13H12O2.C12H10O2.C7H8O2.C7H8O.C6H6O/c1-4-20(5-2,6-3)17-13-9-11-15-14-10-7-8-12-16(14)19-18(15)17;1-4-20(5-2,6-3)18-15-11-10-14-17(18)19-16-12-8-7-9-13-16;1-14-12-8-4-6-10-9-5-2-3-7-11(9)15-13(10)12;1-15-11-6-4-5-10(9-11)12-7-2-3-8-13(12)14;1-14-12-9-5-6-10-13(12)15-11-7-3-2-4-8-11;1-15-12-9-5-8-11(13(12)14)10-6-3-2-4-7-10;13-11-8-4-5-9-12(11)14-10-6-2-1-3-7-10;1-9-7-5-3-2-4-6(7)8;1-8-7-5-3-2-4-6-7;7-6-4-2-1-3-5-6/h7-13H,4-6H2,1-3H3;7-15H,4-6H2,1-3H3;2-8H,1H3;2-9,14H,1H3;2-10H,1H3;2-9,14H,1H3;1-9,13H;2-5,8H,1H3;2-6H,1H3;1-5,7H. The lowest BCUT2D eigenvalue weighted by molar-refractivity contribution is 0.373. The van der Waals surface area contributed by atoms with Crippen LogP contribution < -0.4 is 53.0 Å². The van der Waals surface area contributed by atoms with Crippen LogP contribution in [0.25, 0.3) is 66.1 Å². The van der Waals surface area contributed by atoms with Gasteiger partial charge >= 0.3 is 0 Å². The molecular formula is C120H124O16Si2. The molecule has 0 unspecified atom stereocenters. The summed E-state index contributed by atoms with van der Waals surface area (Å²) in [5.41, 5.74) is 7.41. The SMILES string of the molecule is CC[Si](CC)(CC)c1cccc2c1oc1ccccc12.CC[Si](CC)(CC)c1ccccc1Oc1ccccc1.COc1cccc(-c2ccccc2)c1O.COc1cccc(-c2ccccc2O)c1.COc1cccc2c1oc1ccccc12.COc1ccccc1.COc1ccccc1O.COc1ccccc1Oc1ccccc1.Oc1ccccc1.Oc1ccccc1Oc1ccccc1. The third kappa shape index (κ3) is 29.7. The van der Waals surface area contributed by atoms with E-state index in [4.69, 9.17) is 61.7 Å². The Morgan fingerprint density at radius 2 is 0.536 bits per heavy atom. The molecule has 0 amide bonds. The lowest BCUT2D eigenvalue weighted by Gasteiger charge is -2.30. The number of rotatable bonds is 22. The molecule has 2 aromatic heterocycles. The van der Waals surface area contributed by atoms with Crippen LogP contribution in [0.5, 0.6) is 97.7 Å². The number of phenolic OH excluding ortho intramolecular Hbond substituents is 5. The number of furan rings is 2. The Hall–Kier alpha value is -16.0. The number of hydrogen-bond acceptors (Lipinski definition) is 16. The summed E-state index contributed by atoms with van der Waals surface area (Å²) in [5, 5.41) is 54.4. The Bertz CT molecular complexity index is 6720. The molecule has 18 heteroatoms. The average Bonchev–Trinajstić information content (AvgIpc) is 1.59. The molecule has 19 rings (SSSR count). The summed E-state index contributed by atoms with van der Waals surface area (Å²) in [5.74, 6) is 10.0. The number of methoxy groups -OCH3 is 6. The maximum Gasteiger partial charge on any atom is 0.177 e. The number of phenols is 5. The van der Waals surface area contributed by atoms with Crippen LogP contribution in [0.15, 0.2) is 440 Å². The lowest BCUT2D eigenvalue weighted by atomic mass is 10.0. The Morgan fingerprint density at radius 1 is 0.217 bits per heavy atom. The third-order valence-electron chi connectivity index (χ3n) is 23.3. The molecule has 0 aliphatic rings. The van der Waals surface area contributed by atoms with E-state index in [0.29, 0.717) is 28.7 Å². The van der Waals surface area contributed by atoms with Crippen molar-refractivity contribution in [3.63, 3.8) is 0 Å². The van der Waals surface area contributed by atoms with Crippen LogP contribution >= 0.6 is 0 Å². The fraction of sp³-hybridized carbons (Fsp3) is 0.150. The van der Waals surface area contributed by atoms with Crippen LogP contribution in [0, 0.1) is 0 Å². The van der Waals surface area contributed by atoms with Crippen molar-refractivity contribution >= 4 is 70.4 Å². The zero-order valence-electron chi connectivity index (χ0n) is 80.5. The minimum atomic E-state index is -1.42. The maximum atomic E-state index is 9.92. The van der Waals surface area contributed by atoms with E-state index >= 15 is 0 Å². The first kappa shape index (κ1) is 104. The van der Waals surface area contributed by atoms with Crippen molar-refractivity contribution in [2.75, 3.05) is 42.7 Å². The maximum absolute atomic E-state index is 9.92. The van der Waals surface area contributed by atoms with Crippen molar-refractivity contribution in [2.45, 2.75) is 77.8 Å². The molecule has 0 saturated heterocycles. The second-order valence-corrected chi connectivity index (χ2v) is 41.7. The summed E-state index contributed by atoms with van der Waals surface area (Å²) in [6, 6.07) is 144. The Morgan fingerprint density at radius 3 is 1.00 bits per heavy atom. The predicted molar refractivity (Wildman–Crippen MR) is 571 cm³/mol. The Balaban J connectivity index is 0.000000160. The number of ether oxygens (including phenoxy) is 9. The van der Waals surface area contributed by atoms with Gasteiger partial charge in [0.2, 0.25) is 0 Å². The zero-order chi connectivity index (χ0) is 98.1. The highest BCUT2D eigenvalue weighted by molar-refractivity contribution is 6.93. The number of fused-ring (bicyclic) bond motifs is 6. The van der Waals surface area contributed by atoms with Crippen molar-refractivity contribution in [2.24, 2.45) is 0 Å². The van der Waals surface area contributed by atoms with E-state index in [1.807, 2.05) is 273 Å². The van der Waals surface area contributed by atoms with Crippen LogP contribution in [0.4, 0.5) is 0 Å². The summed E-state index contributed by atoms with van der Waals surface area (Å²) in [6.07, 6.45) is 0. The second kappa shape index (κ2) is 55.6. The predicted octanol–water partition coefficient (Wildman–Crippen LogP) is 31.4. The summed E-state index contributed by atoms with van der Waals surface area (Å²) in [4.78, 5) is 0. The molecule has 708 valence electrons. The molecule has 0 aliphatic heterocycles. The number of aromatic hydroxyl groups is 5. The molecule has 0 radical (unpaired) electrons. The molecule has 138 heavy (non-hydrogen) atoms. The first-order valence-corrected chi connectivity index (χ1v) is 51.2. The highest BCUT2D eigenvalue weighted by atomic mass is 28.3. The first-order chi connectivity index (χ1) is 67.5. The quantitative estimate of drug-likeness (QED) is 0.0400. The van der Waals surface area contributed by atoms with Gasteiger partial charge in [-0.1, -0.05) is 363 Å². The molecule has 0 atom stereocenters. The zero-order valence-corrected chi connectivity index (χ0v) is 82.5. The minimum Gasteiger partial charge on any atom is -0.508 e. The molecule has 0 saturated carbocycles. The van der Waals surface area contributed by atoms with Crippen molar-refractivity contribution in [3.8, 4) is 120 Å². The van der Waals surface area contributed by atoms with Crippen molar-refractivity contribution < 1.29 is 77.0 Å². The molecule has 19 aromatic rings. The van der Waals surface area contributed by atoms with E-state index < -0.39 is 16.1 Å². The number of hydrogen-bond donors (Lipinski definition) is 5. The fourth-order valence-corrected chi connectivity index (χ4v) is 22.9. The van der Waals surface area contributed by atoms with Crippen LogP contribution in [-0.2, 0) is 0 Å². The van der Waals surface area contributed by atoms with Crippen LogP contribution in [-0.4, -0.2) is 84.3 Å². The van der Waals surface area contributed by atoms with Gasteiger partial charge in [-0.05, 0) is 167 Å². The molecule has 0 spiro atoms. The molecule has 0 fully saturated rings. The first-order valence-electron chi connectivity index (χ1n) is 46.0. The fourth-order valence-electron chi connectivity index (χ4n) is 15.4. The summed E-state index contributed by atoms with van der Waals surface area (Å²) >= 11 is 0. The van der Waals surface area contributed by atoms with Gasteiger partial charge in [-0.25, -0.2) is 0 Å². The van der Waals surface area contributed by atoms with Gasteiger partial charge in [0, 0.05) is 32.7 Å². The van der Waals surface area contributed by atoms with Crippen LogP contribution in [0.1, 0.15) is 41.5 Å². The molecular weight excluding hydrogens is 1750 g/mol. The lowest BCUT2D eigenvalue weighted by Crippen LogP contribution is -2.46. The van der Waals surface area contributed by atoms with E-state index in [1.54, 1.807) is 120 Å². The molecule has 5 N–H and O–H groups in total. The van der Waals surface area contributed by atoms with Gasteiger partial charge in [-0.2, -0.15) is 0 Å². The summed E-state index contributed by atoms with van der Waals surface area (Å²) in [6.45, 7) is 14.0. The number of para-hydroxylation sites is 18. The topological polar surface area (TPSA) is 210 Å². The van der Waals surface area contributed by atoms with E-state index in [1.165, 1.54) is 64.5 Å². The molecule has 0 bridgehead atoms. The van der Waals surface area contributed by atoms with Crippen molar-refractivity contribution in [3.05, 3.63) is 431 Å². The Kier molecular flexibility index (Phi) is 41.9. The smallest absolute Gasteiger partial charge is 0.177 e. The molecule has 17 aromatic carbocycles. The monoisotopic (exact) mass is 1880 g/mol. The van der Waals surface area contributed by atoms with Gasteiger partial charge in [-0.3, -0.25) is 0 Å². The number of benzene rings is 17. The van der Waals surface area contributed by atoms with Gasteiger partial charge in [-0.15, -0.1) is 0 Å². The molecule has 16 nitrogen and oxygen atoms in total. The van der Waals surface area contributed by atoms with E-state index in [9.17, 15) is 15.3 Å². The third-order valence-corrected chi connectivity index (χ3v) is 34.6. The van der Waals surface area contributed by atoms with Crippen LogP contribution in [0.2, 0.25) is 36.3 Å². The summed E-state index contributed by atoms with van der Waals surface area (Å²) < 4.78 is 59.6. The molecule has 0 aliphatic carbocycles. The van der Waals surface area contributed by atoms with Gasteiger partial charge in [0.1, 0.15) is 62.7 Å². The summed E-state index contributed by atoms with van der Waals surface area (Å²) in [7, 11) is 6.81. The van der Waals surface area contributed by atoms with E-state index in [2.05, 4.69) is 114 Å². The molecule has 2 heterocycles. The average molecular weight is 1880 g/mol. The van der Waals surface area contributed by atoms with E-state index in [0.717, 1.165) is 101 Å². The van der Waals surface area contributed by atoms with Crippen LogP contribution in [0.3, 0.4) is 0 Å². The second-order valence-electron chi connectivity index (χ2n) is 31.3. The van der Waals surface area contributed by atoms with Gasteiger partial charge in [0.15, 0.2) is 57.3 Å². The van der Waals surface area contributed by atoms with Crippen molar-refractivity contribution in [1.29, 1.82) is 0 Å². The van der Waals surface area contributed by atoms with Gasteiger partial charge in [0.05, 0.1) is 58.8 Å². The normalized spacial score (nSPS) is 10.3.